The summed E-state index contributed by atoms with van der Waals surface area (Å²) >= 11 is 0. The molecule has 2 N–H and O–H groups in total. The summed E-state index contributed by atoms with van der Waals surface area (Å²) in [5.74, 6) is 6.79. The zero-order valence-electron chi connectivity index (χ0n) is 68.8. The summed E-state index contributed by atoms with van der Waals surface area (Å²) in [6.07, 6.45) is 38.6. The van der Waals surface area contributed by atoms with Crippen LogP contribution in [-0.2, 0) is 0 Å². The van der Waals surface area contributed by atoms with Crippen LogP contribution < -0.4 is 28.4 Å². The van der Waals surface area contributed by atoms with Crippen LogP contribution in [0, 0.1) is 35.5 Å². The third kappa shape index (κ3) is 22.5. The maximum Gasteiger partial charge on any atom is 0.193 e. The topological polar surface area (TPSA) is 143 Å². The van der Waals surface area contributed by atoms with Gasteiger partial charge in [-0.3, -0.25) is 9.78 Å². The van der Waals surface area contributed by atoms with Crippen molar-refractivity contribution in [2.24, 2.45) is 35.5 Å². The number of ketones is 1. The molecule has 0 amide bonds. The van der Waals surface area contributed by atoms with Crippen molar-refractivity contribution < 1.29 is 33.2 Å². The van der Waals surface area contributed by atoms with Gasteiger partial charge in [0.15, 0.2) is 40.3 Å². The van der Waals surface area contributed by atoms with Gasteiger partial charge in [-0.2, -0.15) is 0 Å². The lowest BCUT2D eigenvalue weighted by atomic mass is 9.99. The standard InChI is InChI=1S/C98H129N5O7/c1-13-25-31-68(19-7)62-105-88-52-41-77(59-91(88)108-65-71(22-10)34-28-16-4)95-82-46-44-80(100-82)94(74-37-39-75(40-38-74)98(104)76-55-57-99-58-56-76)81-45-47-83(101-81)96(78-42-53-89(106-63-69(20-8)32-26-14-2)92(60-78)109-66-72(23-11)35-29-17-5)85-49-51-87(103-85)97(86-50-48-84(95)102-86)79-43-54-90(107-64-70(21-9)33-27-15-3)93(61-79)110-67-73(24-12)36-30-18-6/h37-61,68-73,100,103H,13-36,62-67H2,1-12H3. The van der Waals surface area contributed by atoms with E-state index in [0.717, 1.165) is 259 Å². The van der Waals surface area contributed by atoms with E-state index in [-0.39, 0.29) is 5.78 Å². The van der Waals surface area contributed by atoms with Gasteiger partial charge in [0.2, 0.25) is 0 Å². The second kappa shape index (κ2) is 43.6. The first-order valence-electron chi connectivity index (χ1n) is 42.8. The predicted octanol–water partition coefficient (Wildman–Crippen LogP) is 27.5. The number of nitrogens with one attached hydrogen (secondary N) is 2. The van der Waals surface area contributed by atoms with Crippen molar-refractivity contribution in [3.8, 4) is 79.0 Å². The lowest BCUT2D eigenvalue weighted by molar-refractivity contribution is 0.103. The van der Waals surface area contributed by atoms with Crippen molar-refractivity contribution in [2.45, 2.75) is 237 Å². The fraction of sp³-hybridized carbons (Fsp3) is 0.490. The zero-order chi connectivity index (χ0) is 77.6. The molecule has 12 nitrogen and oxygen atoms in total. The SMILES string of the molecule is CCCCC(CC)COc1ccc(-c2c3nc(c(-c4ccc(OCC(CC)CCCC)c(OCC(CC)CCCC)c4)c4ccc([nH]4)c(-c4ccc(OCC(CC)CCCC)c(OCC(CC)CCCC)c4)c4nc(c(-c5ccc(C(=O)c6ccncc6)cc5)c5ccc2[nH]5)C=C4)C=C3)cc1OCC(CC)CCCC. The molecule has 0 aliphatic carbocycles. The molecular weight excluding hydrogens is 1360 g/mol. The van der Waals surface area contributed by atoms with Gasteiger partial charge in [-0.05, 0) is 193 Å². The minimum Gasteiger partial charge on any atom is -0.489 e. The highest BCUT2D eigenvalue weighted by molar-refractivity contribution is 6.09. The van der Waals surface area contributed by atoms with Crippen LogP contribution >= 0.6 is 0 Å². The number of pyridine rings is 1. The summed E-state index contributed by atoms with van der Waals surface area (Å²) in [6.45, 7) is 30.8. The van der Waals surface area contributed by atoms with Crippen LogP contribution in [0.4, 0.5) is 0 Å². The van der Waals surface area contributed by atoms with Gasteiger partial charge in [-0.25, -0.2) is 9.97 Å². The second-order valence-electron chi connectivity index (χ2n) is 31.0. The number of fused-ring (bicyclic) bond motifs is 8. The lowest BCUT2D eigenvalue weighted by Crippen LogP contribution is -2.14. The molecular formula is C98H129N5O7. The summed E-state index contributed by atoms with van der Waals surface area (Å²) in [7, 11) is 0. The number of hydrogen-bond donors (Lipinski definition) is 2. The maximum atomic E-state index is 14.1. The summed E-state index contributed by atoms with van der Waals surface area (Å²) in [5, 5.41) is 0. The number of aromatic nitrogens is 5. The third-order valence-electron chi connectivity index (χ3n) is 22.9. The molecule has 0 saturated carbocycles. The van der Waals surface area contributed by atoms with Gasteiger partial charge in [0.05, 0.1) is 62.4 Å². The van der Waals surface area contributed by atoms with Crippen LogP contribution in [0.2, 0.25) is 0 Å². The van der Waals surface area contributed by atoms with Crippen LogP contribution in [-0.4, -0.2) is 70.3 Å². The Hall–Kier alpha value is -8.90. The van der Waals surface area contributed by atoms with E-state index in [2.05, 4.69) is 201 Å². The first-order chi connectivity index (χ1) is 53.9. The number of H-pyrrole nitrogens is 2. The fourth-order valence-corrected chi connectivity index (χ4v) is 15.2. The van der Waals surface area contributed by atoms with E-state index in [4.69, 9.17) is 38.4 Å². The number of ether oxygens (including phenoxy) is 6. The Bertz CT molecular complexity index is 4330. The Balaban J connectivity index is 1.28. The van der Waals surface area contributed by atoms with Gasteiger partial charge >= 0.3 is 0 Å². The van der Waals surface area contributed by atoms with Crippen LogP contribution in [0.5, 0.6) is 34.5 Å². The van der Waals surface area contributed by atoms with Crippen molar-refractivity contribution in [3.05, 3.63) is 162 Å². The smallest absolute Gasteiger partial charge is 0.193 e. The molecule has 0 saturated heterocycles. The van der Waals surface area contributed by atoms with Crippen LogP contribution in [0.15, 0.2) is 128 Å². The van der Waals surface area contributed by atoms with Crippen LogP contribution in [0.25, 0.3) is 90.9 Å². The number of aromatic amines is 2. The first kappa shape index (κ1) is 83.6. The van der Waals surface area contributed by atoms with Crippen molar-refractivity contribution in [3.63, 3.8) is 0 Å². The van der Waals surface area contributed by atoms with Crippen LogP contribution in [0.1, 0.15) is 276 Å². The highest BCUT2D eigenvalue weighted by Crippen LogP contribution is 2.45. The number of benzene rings is 4. The molecule has 0 spiro atoms. The van der Waals surface area contributed by atoms with Crippen molar-refractivity contribution in [2.75, 3.05) is 39.6 Å². The summed E-state index contributed by atoms with van der Waals surface area (Å²) in [4.78, 5) is 38.1. The van der Waals surface area contributed by atoms with E-state index in [9.17, 15) is 4.79 Å². The van der Waals surface area contributed by atoms with E-state index in [1.165, 1.54) is 19.3 Å². The number of nitrogens with zero attached hydrogens (tertiary/aromatic N) is 3. The number of rotatable bonds is 48. The average molecular weight is 1490 g/mol. The molecule has 6 heterocycles. The Morgan fingerprint density at radius 1 is 0.300 bits per heavy atom. The van der Waals surface area contributed by atoms with E-state index in [1.807, 2.05) is 24.3 Å². The molecule has 4 aromatic carbocycles. The van der Waals surface area contributed by atoms with Gasteiger partial charge in [0.1, 0.15) is 0 Å². The van der Waals surface area contributed by atoms with Gasteiger partial charge < -0.3 is 38.4 Å². The number of unbranched alkanes of at least 4 members (excludes halogenated alkanes) is 6. The molecule has 0 radical (unpaired) electrons. The molecule has 8 aromatic rings. The highest BCUT2D eigenvalue weighted by Gasteiger charge is 2.25. The van der Waals surface area contributed by atoms with Crippen molar-refractivity contribution in [1.29, 1.82) is 0 Å². The fourth-order valence-electron chi connectivity index (χ4n) is 15.2. The predicted molar refractivity (Wildman–Crippen MR) is 461 cm³/mol. The second-order valence-corrected chi connectivity index (χ2v) is 31.0. The molecule has 6 atom stereocenters. The maximum absolute atomic E-state index is 14.1. The first-order valence-corrected chi connectivity index (χ1v) is 42.8. The normalized spacial score (nSPS) is 13.6. The van der Waals surface area contributed by atoms with Crippen LogP contribution in [0.3, 0.4) is 0 Å². The Morgan fingerprint density at radius 2 is 0.545 bits per heavy atom. The third-order valence-corrected chi connectivity index (χ3v) is 22.9. The molecule has 2 aliphatic rings. The Labute approximate surface area is 659 Å². The van der Waals surface area contributed by atoms with Gasteiger partial charge in [0, 0.05) is 67.8 Å². The van der Waals surface area contributed by atoms with Crippen molar-refractivity contribution >= 4 is 52.2 Å². The quantitative estimate of drug-likeness (QED) is 0.0354. The Kier molecular flexibility index (Phi) is 33.1. The number of hydrogen-bond acceptors (Lipinski definition) is 10. The summed E-state index contributed by atoms with van der Waals surface area (Å²) in [6, 6.07) is 39.6. The lowest BCUT2D eigenvalue weighted by Gasteiger charge is -2.21. The molecule has 8 bridgehead atoms. The average Bonchev–Trinajstić information content (AvgIpc) is 1.60. The number of carbonyl (C=O) groups is 1. The molecule has 2 aliphatic heterocycles. The highest BCUT2D eigenvalue weighted by atomic mass is 16.5. The molecule has 4 aromatic heterocycles. The van der Waals surface area contributed by atoms with E-state index >= 15 is 0 Å². The summed E-state index contributed by atoms with van der Waals surface area (Å²) in [5.41, 5.74) is 14.8. The van der Waals surface area contributed by atoms with Crippen molar-refractivity contribution in [1.82, 2.24) is 24.9 Å². The van der Waals surface area contributed by atoms with Gasteiger partial charge in [-0.1, -0.05) is 241 Å². The zero-order valence-corrected chi connectivity index (χ0v) is 68.8. The molecule has 10 rings (SSSR count). The number of carbonyl (C=O) groups excluding carboxylic acids is 1. The molecule has 588 valence electrons. The van der Waals surface area contributed by atoms with E-state index in [0.29, 0.717) is 86.3 Å². The molecule has 6 unspecified atom stereocenters. The Morgan fingerprint density at radius 3 is 0.809 bits per heavy atom. The molecule has 110 heavy (non-hydrogen) atoms. The van der Waals surface area contributed by atoms with E-state index < -0.39 is 0 Å². The molecule has 12 heteroatoms. The minimum absolute atomic E-state index is 0.0789. The largest absolute Gasteiger partial charge is 0.489 e. The summed E-state index contributed by atoms with van der Waals surface area (Å²) < 4.78 is 42.0. The van der Waals surface area contributed by atoms with Gasteiger partial charge in [0.25, 0.3) is 0 Å². The minimum atomic E-state index is -0.0789. The monoisotopic (exact) mass is 1490 g/mol. The molecule has 0 fully saturated rings. The van der Waals surface area contributed by atoms with E-state index in [1.54, 1.807) is 24.5 Å². The van der Waals surface area contributed by atoms with Gasteiger partial charge in [-0.15, -0.1) is 0 Å².